The van der Waals surface area contributed by atoms with E-state index < -0.39 is 5.60 Å². The molecule has 18 heavy (non-hydrogen) atoms. The van der Waals surface area contributed by atoms with E-state index in [0.29, 0.717) is 6.42 Å². The van der Waals surface area contributed by atoms with E-state index in [0.717, 1.165) is 15.6 Å². The monoisotopic (exact) mass is 304 g/mol. The summed E-state index contributed by atoms with van der Waals surface area (Å²) in [6.07, 6.45) is 0.615. The van der Waals surface area contributed by atoms with Crippen molar-refractivity contribution >= 4 is 15.9 Å². The van der Waals surface area contributed by atoms with Crippen molar-refractivity contribution in [2.45, 2.75) is 25.9 Å². The van der Waals surface area contributed by atoms with E-state index in [1.54, 1.807) is 0 Å². The van der Waals surface area contributed by atoms with Gasteiger partial charge >= 0.3 is 0 Å². The first kappa shape index (κ1) is 13.3. The number of benzene rings is 2. The third kappa shape index (κ3) is 3.21. The summed E-state index contributed by atoms with van der Waals surface area (Å²) in [6.45, 7) is 3.91. The van der Waals surface area contributed by atoms with Gasteiger partial charge in [0.1, 0.15) is 0 Å². The van der Waals surface area contributed by atoms with Crippen LogP contribution in [0.15, 0.2) is 53.0 Å². The number of rotatable bonds is 3. The van der Waals surface area contributed by atoms with Gasteiger partial charge < -0.3 is 5.11 Å². The average Bonchev–Trinajstić information content (AvgIpc) is 2.32. The zero-order valence-corrected chi connectivity index (χ0v) is 12.2. The normalized spacial score (nSPS) is 14.2. The van der Waals surface area contributed by atoms with Crippen LogP contribution in [-0.4, -0.2) is 5.11 Å². The Labute approximate surface area is 117 Å². The molecule has 0 fully saturated rings. The fourth-order valence-electron chi connectivity index (χ4n) is 2.08. The second kappa shape index (κ2) is 5.25. The highest BCUT2D eigenvalue weighted by molar-refractivity contribution is 9.10. The lowest BCUT2D eigenvalue weighted by Crippen LogP contribution is -2.24. The number of hydrogen-bond acceptors (Lipinski definition) is 1. The summed E-state index contributed by atoms with van der Waals surface area (Å²) < 4.78 is 1.06. The van der Waals surface area contributed by atoms with Gasteiger partial charge in [-0.05, 0) is 37.1 Å². The SMILES string of the molecule is Cc1cccc(C(C)(O)Cc2ccc(Br)cc2)c1. The van der Waals surface area contributed by atoms with Crippen LogP contribution in [0.25, 0.3) is 0 Å². The van der Waals surface area contributed by atoms with E-state index in [1.807, 2.05) is 62.4 Å². The van der Waals surface area contributed by atoms with Crippen LogP contribution in [0.1, 0.15) is 23.6 Å². The molecule has 2 rings (SSSR count). The predicted octanol–water partition coefficient (Wildman–Crippen LogP) is 4.21. The summed E-state index contributed by atoms with van der Waals surface area (Å²) in [4.78, 5) is 0. The maximum Gasteiger partial charge on any atom is 0.0908 e. The molecule has 1 N–H and O–H groups in total. The average molecular weight is 305 g/mol. The molecular formula is C16H17BrO. The van der Waals surface area contributed by atoms with Crippen molar-refractivity contribution in [3.05, 3.63) is 69.7 Å². The second-order valence-electron chi connectivity index (χ2n) is 4.95. The van der Waals surface area contributed by atoms with E-state index in [2.05, 4.69) is 15.9 Å². The summed E-state index contributed by atoms with van der Waals surface area (Å²) in [5.74, 6) is 0. The molecule has 0 radical (unpaired) electrons. The molecule has 0 spiro atoms. The predicted molar refractivity (Wildman–Crippen MR) is 78.6 cm³/mol. The highest BCUT2D eigenvalue weighted by Gasteiger charge is 2.23. The zero-order valence-electron chi connectivity index (χ0n) is 10.7. The quantitative estimate of drug-likeness (QED) is 0.900. The summed E-state index contributed by atoms with van der Waals surface area (Å²) >= 11 is 3.42. The molecule has 0 aliphatic heterocycles. The Bertz CT molecular complexity index is 529. The largest absolute Gasteiger partial charge is 0.385 e. The van der Waals surface area contributed by atoms with Gasteiger partial charge in [0.25, 0.3) is 0 Å². The first-order chi connectivity index (χ1) is 8.47. The summed E-state index contributed by atoms with van der Waals surface area (Å²) in [5, 5.41) is 10.6. The minimum Gasteiger partial charge on any atom is -0.385 e. The molecule has 0 amide bonds. The summed E-state index contributed by atoms with van der Waals surface area (Å²) in [6, 6.07) is 16.1. The van der Waals surface area contributed by atoms with E-state index in [1.165, 1.54) is 5.56 Å². The second-order valence-corrected chi connectivity index (χ2v) is 5.86. The molecule has 2 aromatic carbocycles. The number of hydrogen-bond donors (Lipinski definition) is 1. The highest BCUT2D eigenvalue weighted by Crippen LogP contribution is 2.26. The lowest BCUT2D eigenvalue weighted by Gasteiger charge is -2.24. The summed E-state index contributed by atoms with van der Waals surface area (Å²) in [7, 11) is 0. The van der Waals surface area contributed by atoms with E-state index in [-0.39, 0.29) is 0 Å². The van der Waals surface area contributed by atoms with Crippen molar-refractivity contribution in [1.29, 1.82) is 0 Å². The van der Waals surface area contributed by atoms with Crippen LogP contribution in [0.3, 0.4) is 0 Å². The fraction of sp³-hybridized carbons (Fsp3) is 0.250. The van der Waals surface area contributed by atoms with Crippen LogP contribution in [0.4, 0.5) is 0 Å². The van der Waals surface area contributed by atoms with Crippen LogP contribution in [0.2, 0.25) is 0 Å². The zero-order chi connectivity index (χ0) is 13.2. The van der Waals surface area contributed by atoms with Gasteiger partial charge in [-0.1, -0.05) is 57.9 Å². The van der Waals surface area contributed by atoms with Crippen molar-refractivity contribution in [1.82, 2.24) is 0 Å². The highest BCUT2D eigenvalue weighted by atomic mass is 79.9. The van der Waals surface area contributed by atoms with Gasteiger partial charge in [-0.3, -0.25) is 0 Å². The molecule has 0 saturated heterocycles. The number of aryl methyl sites for hydroxylation is 1. The Morgan fingerprint density at radius 3 is 2.39 bits per heavy atom. The lowest BCUT2D eigenvalue weighted by molar-refractivity contribution is 0.0575. The summed E-state index contributed by atoms with van der Waals surface area (Å²) in [5.41, 5.74) is 2.43. The standard InChI is InChI=1S/C16H17BrO/c1-12-4-3-5-14(10-12)16(2,18)11-13-6-8-15(17)9-7-13/h3-10,18H,11H2,1-2H3. The van der Waals surface area contributed by atoms with Crippen LogP contribution in [0, 0.1) is 6.92 Å². The Morgan fingerprint density at radius 2 is 1.78 bits per heavy atom. The first-order valence-electron chi connectivity index (χ1n) is 6.01. The van der Waals surface area contributed by atoms with Gasteiger partial charge in [-0.15, -0.1) is 0 Å². The van der Waals surface area contributed by atoms with Gasteiger partial charge in [0.2, 0.25) is 0 Å². The molecule has 2 aromatic rings. The van der Waals surface area contributed by atoms with Crippen LogP contribution in [-0.2, 0) is 12.0 Å². The topological polar surface area (TPSA) is 20.2 Å². The van der Waals surface area contributed by atoms with Crippen molar-refractivity contribution in [2.24, 2.45) is 0 Å². The third-order valence-corrected chi connectivity index (χ3v) is 3.63. The smallest absolute Gasteiger partial charge is 0.0908 e. The Kier molecular flexibility index (Phi) is 3.88. The maximum absolute atomic E-state index is 10.6. The number of halogens is 1. The molecule has 0 aliphatic carbocycles. The third-order valence-electron chi connectivity index (χ3n) is 3.10. The molecule has 1 atom stereocenters. The van der Waals surface area contributed by atoms with Crippen molar-refractivity contribution in [3.63, 3.8) is 0 Å². The minimum atomic E-state index is -0.833. The molecule has 0 bridgehead atoms. The van der Waals surface area contributed by atoms with E-state index in [9.17, 15) is 5.11 Å². The van der Waals surface area contributed by atoms with Crippen molar-refractivity contribution in [2.75, 3.05) is 0 Å². The molecule has 0 saturated carbocycles. The van der Waals surface area contributed by atoms with Crippen molar-refractivity contribution < 1.29 is 5.11 Å². The van der Waals surface area contributed by atoms with E-state index in [4.69, 9.17) is 0 Å². The molecule has 1 nitrogen and oxygen atoms in total. The van der Waals surface area contributed by atoms with Gasteiger partial charge in [0.05, 0.1) is 5.60 Å². The lowest BCUT2D eigenvalue weighted by atomic mass is 9.88. The molecular weight excluding hydrogens is 288 g/mol. The molecule has 0 aliphatic rings. The van der Waals surface area contributed by atoms with Crippen LogP contribution < -0.4 is 0 Å². The number of aliphatic hydroxyl groups is 1. The fourth-order valence-corrected chi connectivity index (χ4v) is 2.35. The molecule has 0 heterocycles. The minimum absolute atomic E-state index is 0.615. The maximum atomic E-state index is 10.6. The molecule has 2 heteroatoms. The molecule has 0 aromatic heterocycles. The Hall–Kier alpha value is -1.12. The van der Waals surface area contributed by atoms with Gasteiger partial charge in [0, 0.05) is 10.9 Å². The Morgan fingerprint density at radius 1 is 1.11 bits per heavy atom. The van der Waals surface area contributed by atoms with Gasteiger partial charge in [0.15, 0.2) is 0 Å². The van der Waals surface area contributed by atoms with Crippen molar-refractivity contribution in [3.8, 4) is 0 Å². The Balaban J connectivity index is 2.23. The molecule has 1 unspecified atom stereocenters. The molecule has 94 valence electrons. The van der Waals surface area contributed by atoms with Crippen LogP contribution in [0.5, 0.6) is 0 Å². The van der Waals surface area contributed by atoms with Gasteiger partial charge in [-0.2, -0.15) is 0 Å². The van der Waals surface area contributed by atoms with E-state index >= 15 is 0 Å². The first-order valence-corrected chi connectivity index (χ1v) is 6.81. The van der Waals surface area contributed by atoms with Gasteiger partial charge in [-0.25, -0.2) is 0 Å². The van der Waals surface area contributed by atoms with Crippen LogP contribution >= 0.6 is 15.9 Å².